The summed E-state index contributed by atoms with van der Waals surface area (Å²) in [6, 6.07) is 12.6. The van der Waals surface area contributed by atoms with Gasteiger partial charge in [0.1, 0.15) is 0 Å². The fourth-order valence-corrected chi connectivity index (χ4v) is 4.13. The van der Waals surface area contributed by atoms with Gasteiger partial charge in [0.2, 0.25) is 0 Å². The number of aliphatic carboxylic acids is 1. The summed E-state index contributed by atoms with van der Waals surface area (Å²) >= 11 is 12.2. The van der Waals surface area contributed by atoms with Crippen molar-refractivity contribution in [3.63, 3.8) is 0 Å². The summed E-state index contributed by atoms with van der Waals surface area (Å²) in [5.74, 6) is -0.996. The average molecular weight is 388 g/mol. The van der Waals surface area contributed by atoms with E-state index in [-0.39, 0.29) is 40.0 Å². The van der Waals surface area contributed by atoms with Crippen LogP contribution in [0.3, 0.4) is 0 Å². The monoisotopic (exact) mass is 387 g/mol. The maximum Gasteiger partial charge on any atom is 0.303 e. The van der Waals surface area contributed by atoms with Crippen LogP contribution in [0.25, 0.3) is 0 Å². The maximum absolute atomic E-state index is 12.9. The van der Waals surface area contributed by atoms with Gasteiger partial charge in [-0.2, -0.15) is 0 Å². The highest BCUT2D eigenvalue weighted by Crippen LogP contribution is 2.35. The Morgan fingerprint density at radius 3 is 2.33 bits per heavy atom. The van der Waals surface area contributed by atoms with Crippen LogP contribution in [-0.4, -0.2) is 26.0 Å². The van der Waals surface area contributed by atoms with Gasteiger partial charge in [0.25, 0.3) is 10.0 Å². The zero-order valence-electron chi connectivity index (χ0n) is 12.5. The van der Waals surface area contributed by atoms with Gasteiger partial charge in [-0.15, -0.1) is 0 Å². The van der Waals surface area contributed by atoms with Crippen molar-refractivity contribution in [2.24, 2.45) is 0 Å². The molecule has 8 heteroatoms. The topological polar surface area (TPSA) is 74.7 Å². The third-order valence-corrected chi connectivity index (χ3v) is 5.92. The third-order valence-electron chi connectivity index (χ3n) is 3.28. The van der Waals surface area contributed by atoms with Gasteiger partial charge in [0.05, 0.1) is 20.6 Å². The van der Waals surface area contributed by atoms with Crippen molar-refractivity contribution in [1.29, 1.82) is 0 Å². The van der Waals surface area contributed by atoms with Crippen molar-refractivity contribution < 1.29 is 18.3 Å². The van der Waals surface area contributed by atoms with Crippen LogP contribution in [0.15, 0.2) is 53.4 Å². The Bertz CT molecular complexity index is 825. The average Bonchev–Trinajstić information content (AvgIpc) is 2.55. The Balaban J connectivity index is 2.47. The number of carboxylic acid groups (broad SMARTS) is 1. The van der Waals surface area contributed by atoms with Crippen LogP contribution >= 0.6 is 23.2 Å². The molecule has 0 amide bonds. The Hall–Kier alpha value is -1.76. The quantitative estimate of drug-likeness (QED) is 0.777. The highest BCUT2D eigenvalue weighted by Gasteiger charge is 2.27. The molecule has 0 aliphatic carbocycles. The van der Waals surface area contributed by atoms with E-state index in [9.17, 15) is 13.2 Å². The van der Waals surface area contributed by atoms with E-state index in [1.165, 1.54) is 18.2 Å². The predicted octanol–water partition coefficient (Wildman–Crippen LogP) is 4.05. The van der Waals surface area contributed by atoms with Gasteiger partial charge in [-0.25, -0.2) is 8.42 Å². The lowest BCUT2D eigenvalue weighted by Gasteiger charge is -2.25. The minimum Gasteiger partial charge on any atom is -0.481 e. The molecule has 0 saturated heterocycles. The van der Waals surface area contributed by atoms with Crippen LogP contribution in [0.2, 0.25) is 10.0 Å². The lowest BCUT2D eigenvalue weighted by Crippen LogP contribution is -2.32. The fraction of sp³-hybridized carbons (Fsp3) is 0.188. The Morgan fingerprint density at radius 1 is 1.04 bits per heavy atom. The van der Waals surface area contributed by atoms with Crippen molar-refractivity contribution in [2.45, 2.75) is 17.7 Å². The number of anilines is 1. The molecule has 0 fully saturated rings. The van der Waals surface area contributed by atoms with Crippen LogP contribution in [0, 0.1) is 0 Å². The van der Waals surface area contributed by atoms with Gasteiger partial charge in [0, 0.05) is 13.0 Å². The number of benzene rings is 2. The maximum atomic E-state index is 12.9. The van der Waals surface area contributed by atoms with Crippen LogP contribution in [0.4, 0.5) is 5.69 Å². The zero-order valence-corrected chi connectivity index (χ0v) is 14.9. The molecule has 0 aliphatic rings. The first-order valence-electron chi connectivity index (χ1n) is 7.07. The molecule has 2 aromatic carbocycles. The normalized spacial score (nSPS) is 11.2. The lowest BCUT2D eigenvalue weighted by molar-refractivity contribution is -0.137. The largest absolute Gasteiger partial charge is 0.481 e. The number of rotatable bonds is 7. The zero-order chi connectivity index (χ0) is 17.7. The number of halogens is 2. The molecule has 0 saturated carbocycles. The van der Waals surface area contributed by atoms with E-state index in [2.05, 4.69) is 0 Å². The summed E-state index contributed by atoms with van der Waals surface area (Å²) in [6.07, 6.45) is -0.0107. The number of sulfonamides is 1. The van der Waals surface area contributed by atoms with Crippen molar-refractivity contribution in [3.05, 3.63) is 58.6 Å². The highest BCUT2D eigenvalue weighted by molar-refractivity contribution is 7.92. The second-order valence-electron chi connectivity index (χ2n) is 4.96. The van der Waals surface area contributed by atoms with Crippen LogP contribution in [-0.2, 0) is 14.8 Å². The molecule has 5 nitrogen and oxygen atoms in total. The minimum absolute atomic E-state index is 0.0242. The number of carboxylic acids is 1. The summed E-state index contributed by atoms with van der Waals surface area (Å²) in [4.78, 5) is 10.8. The summed E-state index contributed by atoms with van der Waals surface area (Å²) in [5.41, 5.74) is 0.221. The molecule has 128 valence electrons. The molecule has 0 spiro atoms. The first-order chi connectivity index (χ1) is 11.3. The van der Waals surface area contributed by atoms with Gasteiger partial charge in [-0.1, -0.05) is 47.5 Å². The van der Waals surface area contributed by atoms with Crippen LogP contribution in [0.5, 0.6) is 0 Å². The molecular weight excluding hydrogens is 373 g/mol. The van der Waals surface area contributed by atoms with Gasteiger partial charge < -0.3 is 5.11 Å². The number of carbonyl (C=O) groups is 1. The van der Waals surface area contributed by atoms with Crippen molar-refractivity contribution in [1.82, 2.24) is 0 Å². The highest BCUT2D eigenvalue weighted by atomic mass is 35.5. The summed E-state index contributed by atoms with van der Waals surface area (Å²) in [6.45, 7) is -0.0242. The molecule has 0 atom stereocenters. The van der Waals surface area contributed by atoms with Gasteiger partial charge >= 0.3 is 5.97 Å². The van der Waals surface area contributed by atoms with Crippen molar-refractivity contribution in [3.8, 4) is 0 Å². The third kappa shape index (κ3) is 4.20. The summed E-state index contributed by atoms with van der Waals surface area (Å²) in [7, 11) is -3.89. The van der Waals surface area contributed by atoms with Gasteiger partial charge in [-0.3, -0.25) is 9.10 Å². The first-order valence-corrected chi connectivity index (χ1v) is 9.27. The summed E-state index contributed by atoms with van der Waals surface area (Å²) < 4.78 is 27.0. The number of hydrogen-bond donors (Lipinski definition) is 1. The molecule has 1 N–H and O–H groups in total. The van der Waals surface area contributed by atoms with E-state index in [1.807, 2.05) is 0 Å². The molecule has 0 aromatic heterocycles. The Morgan fingerprint density at radius 2 is 1.71 bits per heavy atom. The van der Waals surface area contributed by atoms with Gasteiger partial charge in [-0.05, 0) is 30.7 Å². The van der Waals surface area contributed by atoms with E-state index in [1.54, 1.807) is 30.3 Å². The first kappa shape index (κ1) is 18.6. The molecule has 2 aromatic rings. The van der Waals surface area contributed by atoms with Crippen LogP contribution in [0.1, 0.15) is 12.8 Å². The predicted molar refractivity (Wildman–Crippen MR) is 94.3 cm³/mol. The summed E-state index contributed by atoms with van der Waals surface area (Å²) in [5, 5.41) is 9.13. The molecule has 0 unspecified atom stereocenters. The van der Waals surface area contributed by atoms with E-state index in [0.717, 1.165) is 4.31 Å². The molecular formula is C16H15Cl2NO4S. The molecule has 0 heterocycles. The SMILES string of the molecule is O=C(O)CCCN(c1cccc(Cl)c1Cl)S(=O)(=O)c1ccccc1. The number of nitrogens with zero attached hydrogens (tertiary/aromatic N) is 1. The minimum atomic E-state index is -3.89. The van der Waals surface area contributed by atoms with E-state index in [4.69, 9.17) is 28.3 Å². The van der Waals surface area contributed by atoms with Gasteiger partial charge in [0.15, 0.2) is 0 Å². The Labute approximate surface area is 150 Å². The number of hydrogen-bond acceptors (Lipinski definition) is 3. The molecule has 0 radical (unpaired) electrons. The second-order valence-corrected chi connectivity index (χ2v) is 7.61. The molecule has 2 rings (SSSR count). The van der Waals surface area contributed by atoms with Crippen LogP contribution < -0.4 is 4.31 Å². The fourth-order valence-electron chi connectivity index (χ4n) is 2.15. The Kier molecular flexibility index (Phi) is 6.10. The standard InChI is InChI=1S/C16H15Cl2NO4S/c17-13-8-4-9-14(16(13)18)19(11-5-10-15(20)21)24(22,23)12-6-2-1-3-7-12/h1-4,6-9H,5,10-11H2,(H,20,21). The molecule has 0 aliphatic heterocycles. The smallest absolute Gasteiger partial charge is 0.303 e. The van der Waals surface area contributed by atoms with Crippen molar-refractivity contribution >= 4 is 44.9 Å². The second kappa shape index (κ2) is 7.88. The molecule has 0 bridgehead atoms. The lowest BCUT2D eigenvalue weighted by atomic mass is 10.3. The van der Waals surface area contributed by atoms with E-state index in [0.29, 0.717) is 0 Å². The van der Waals surface area contributed by atoms with Crippen molar-refractivity contribution in [2.75, 3.05) is 10.8 Å². The van der Waals surface area contributed by atoms with E-state index < -0.39 is 16.0 Å². The van der Waals surface area contributed by atoms with E-state index >= 15 is 0 Å². The molecule has 24 heavy (non-hydrogen) atoms.